The van der Waals surface area contributed by atoms with E-state index in [1.165, 1.54) is 0 Å². The van der Waals surface area contributed by atoms with E-state index in [0.29, 0.717) is 34.2 Å². The van der Waals surface area contributed by atoms with Gasteiger partial charge in [-0.2, -0.15) is 5.10 Å². The third-order valence-corrected chi connectivity index (χ3v) is 4.01. The summed E-state index contributed by atoms with van der Waals surface area (Å²) in [7, 11) is 1.73. The third-order valence-electron chi connectivity index (χ3n) is 4.01. The van der Waals surface area contributed by atoms with Crippen LogP contribution in [-0.2, 0) is 0 Å². The number of anilines is 2. The van der Waals surface area contributed by atoms with E-state index in [9.17, 15) is 5.41 Å². The van der Waals surface area contributed by atoms with Crippen molar-refractivity contribution in [1.82, 2.24) is 25.5 Å². The predicted molar refractivity (Wildman–Crippen MR) is 109 cm³/mol. The van der Waals surface area contributed by atoms with E-state index < -0.39 is 0 Å². The Morgan fingerprint density at radius 3 is 2.67 bits per heavy atom. The maximum absolute atomic E-state index is 9.70. The van der Waals surface area contributed by atoms with Crippen molar-refractivity contribution in [3.63, 3.8) is 0 Å². The molecule has 138 valence electrons. The number of nitrogens with two attached hydrogens (primary N) is 1. The zero-order valence-corrected chi connectivity index (χ0v) is 15.4. The van der Waals surface area contributed by atoms with Crippen molar-refractivity contribution in [1.29, 1.82) is 0 Å². The van der Waals surface area contributed by atoms with Gasteiger partial charge in [0.15, 0.2) is 5.82 Å². The summed E-state index contributed by atoms with van der Waals surface area (Å²) in [5, 5.41) is 23.9. The first-order chi connectivity index (χ1) is 13.0. The second kappa shape index (κ2) is 7.77. The van der Waals surface area contributed by atoms with Gasteiger partial charge in [0.2, 0.25) is 0 Å². The van der Waals surface area contributed by atoms with Gasteiger partial charge in [0, 0.05) is 25.0 Å². The average molecular weight is 361 g/mol. The second-order valence-electron chi connectivity index (χ2n) is 6.34. The summed E-state index contributed by atoms with van der Waals surface area (Å²) < 4.78 is 0. The van der Waals surface area contributed by atoms with E-state index in [2.05, 4.69) is 44.6 Å². The van der Waals surface area contributed by atoms with Crippen LogP contribution in [0.15, 0.2) is 42.9 Å². The van der Waals surface area contributed by atoms with Gasteiger partial charge in [-0.1, -0.05) is 19.7 Å². The van der Waals surface area contributed by atoms with Gasteiger partial charge >= 0.3 is 0 Å². The number of aromatic nitrogens is 4. The first-order valence-corrected chi connectivity index (χ1v) is 8.54. The molecule has 0 unspecified atom stereocenters. The van der Waals surface area contributed by atoms with Gasteiger partial charge in [0.1, 0.15) is 5.82 Å². The Morgan fingerprint density at radius 1 is 1.15 bits per heavy atom. The lowest BCUT2D eigenvalue weighted by Crippen LogP contribution is -2.14. The number of fused-ring (bicyclic) bond motifs is 1. The van der Waals surface area contributed by atoms with E-state index in [-0.39, 0.29) is 5.84 Å². The third kappa shape index (κ3) is 4.17. The highest BCUT2D eigenvalue weighted by Gasteiger charge is 2.07. The molecule has 0 aromatic carbocycles. The fourth-order valence-corrected chi connectivity index (χ4v) is 2.56. The Balaban J connectivity index is 1.95. The van der Waals surface area contributed by atoms with Crippen molar-refractivity contribution in [3.8, 4) is 0 Å². The van der Waals surface area contributed by atoms with Crippen molar-refractivity contribution in [3.05, 3.63) is 59.4 Å². The summed E-state index contributed by atoms with van der Waals surface area (Å²) >= 11 is 0. The number of nitrogens with zero attached hydrogens (tertiary/aromatic N) is 5. The van der Waals surface area contributed by atoms with Gasteiger partial charge in [-0.25, -0.2) is 4.98 Å². The minimum absolute atomic E-state index is 0.291. The SMILES string of the molecule is CN/C=C(\C(=[N-])N)c1cnc2ccc(Nc3cc(C(C)C)cnn3)nc2c1. The largest absolute Gasteiger partial charge is 0.494 e. The van der Waals surface area contributed by atoms with Crippen LogP contribution in [0.2, 0.25) is 0 Å². The zero-order valence-electron chi connectivity index (χ0n) is 15.4. The van der Waals surface area contributed by atoms with Gasteiger partial charge in [-0.05, 0) is 41.3 Å². The van der Waals surface area contributed by atoms with Crippen LogP contribution < -0.4 is 16.4 Å². The lowest BCUT2D eigenvalue weighted by atomic mass is 10.1. The van der Waals surface area contributed by atoms with E-state index >= 15 is 0 Å². The summed E-state index contributed by atoms with van der Waals surface area (Å²) in [6, 6.07) is 7.46. The number of pyridine rings is 2. The van der Waals surface area contributed by atoms with Crippen LogP contribution in [-0.4, -0.2) is 33.0 Å². The molecule has 0 atom stereocenters. The summed E-state index contributed by atoms with van der Waals surface area (Å²) in [5.41, 5.74) is 9.14. The van der Waals surface area contributed by atoms with Crippen LogP contribution >= 0.6 is 0 Å². The van der Waals surface area contributed by atoms with Crippen LogP contribution in [0.5, 0.6) is 0 Å². The standard InChI is InChI=1S/C19H21N8/c1-11(2)12-7-18(27-24-9-12)26-17-5-4-15-16(25-17)6-13(8-23-15)14(10-22-3)19(20)21/h4-11,22H,1-3H3,(H3-,20,21,25,26,27)/q-1/b14-10-. The summed E-state index contributed by atoms with van der Waals surface area (Å²) in [5.74, 6) is 1.31. The van der Waals surface area contributed by atoms with Gasteiger partial charge < -0.3 is 21.8 Å². The molecule has 8 nitrogen and oxygen atoms in total. The maximum Gasteiger partial charge on any atom is 0.154 e. The normalized spacial score (nSPS) is 11.6. The highest BCUT2D eigenvalue weighted by atomic mass is 15.2. The molecule has 0 fully saturated rings. The number of rotatable bonds is 6. The van der Waals surface area contributed by atoms with Crippen LogP contribution in [0.25, 0.3) is 22.0 Å². The molecule has 0 bridgehead atoms. The predicted octanol–water partition coefficient (Wildman–Crippen LogP) is 2.77. The van der Waals surface area contributed by atoms with E-state index in [4.69, 9.17) is 5.73 Å². The Morgan fingerprint density at radius 2 is 1.96 bits per heavy atom. The molecule has 0 aliphatic heterocycles. The van der Waals surface area contributed by atoms with Crippen LogP contribution in [0.1, 0.15) is 30.9 Å². The van der Waals surface area contributed by atoms with Crippen LogP contribution in [0, 0.1) is 0 Å². The summed E-state index contributed by atoms with van der Waals surface area (Å²) in [4.78, 5) is 8.97. The van der Waals surface area contributed by atoms with Gasteiger partial charge in [-0.15, -0.1) is 5.10 Å². The van der Waals surface area contributed by atoms with Crippen molar-refractivity contribution < 1.29 is 0 Å². The Labute approximate surface area is 157 Å². The lowest BCUT2D eigenvalue weighted by Gasteiger charge is -2.12. The van der Waals surface area contributed by atoms with E-state index in [0.717, 1.165) is 11.1 Å². The number of amidine groups is 1. The molecule has 0 aliphatic rings. The molecule has 8 heteroatoms. The van der Waals surface area contributed by atoms with Crippen LogP contribution in [0.3, 0.4) is 0 Å². The lowest BCUT2D eigenvalue weighted by molar-refractivity contribution is 0.843. The quantitative estimate of drug-likeness (QED) is 0.455. The summed E-state index contributed by atoms with van der Waals surface area (Å²) in [6.07, 6.45) is 5.00. The van der Waals surface area contributed by atoms with Crippen molar-refractivity contribution in [2.24, 2.45) is 5.73 Å². The molecule has 0 saturated carbocycles. The smallest absolute Gasteiger partial charge is 0.154 e. The molecule has 3 rings (SSSR count). The molecule has 3 aromatic heterocycles. The molecule has 0 radical (unpaired) electrons. The minimum Gasteiger partial charge on any atom is -0.494 e. The number of nitrogens with one attached hydrogen (secondary N) is 2. The van der Waals surface area contributed by atoms with E-state index in [1.54, 1.807) is 25.6 Å². The van der Waals surface area contributed by atoms with Crippen molar-refractivity contribution >= 4 is 34.1 Å². The number of hydrogen-bond donors (Lipinski definition) is 3. The minimum atomic E-state index is -0.291. The molecule has 4 N–H and O–H groups in total. The fraction of sp³-hybridized carbons (Fsp3) is 0.211. The van der Waals surface area contributed by atoms with E-state index in [1.807, 2.05) is 24.3 Å². The highest BCUT2D eigenvalue weighted by molar-refractivity contribution is 6.23. The van der Waals surface area contributed by atoms with Crippen LogP contribution in [0.4, 0.5) is 11.6 Å². The number of hydrogen-bond acceptors (Lipinski definition) is 6. The van der Waals surface area contributed by atoms with Gasteiger partial charge in [-0.3, -0.25) is 4.98 Å². The molecule has 0 saturated heterocycles. The molecule has 27 heavy (non-hydrogen) atoms. The zero-order chi connectivity index (χ0) is 19.4. The average Bonchev–Trinajstić information content (AvgIpc) is 2.65. The summed E-state index contributed by atoms with van der Waals surface area (Å²) in [6.45, 7) is 4.20. The monoisotopic (exact) mass is 361 g/mol. The van der Waals surface area contributed by atoms with Gasteiger partial charge in [0.25, 0.3) is 0 Å². The molecule has 0 spiro atoms. The van der Waals surface area contributed by atoms with Gasteiger partial charge in [0.05, 0.1) is 17.2 Å². The Hall–Kier alpha value is -3.55. The fourth-order valence-electron chi connectivity index (χ4n) is 2.56. The molecular formula is C19H21N8-. The molecule has 0 amide bonds. The Kier molecular flexibility index (Phi) is 5.25. The topological polar surface area (TPSA) is 124 Å². The highest BCUT2D eigenvalue weighted by Crippen LogP contribution is 2.22. The molecule has 3 heterocycles. The Bertz CT molecular complexity index is 1010. The molecule has 3 aromatic rings. The first kappa shape index (κ1) is 18.2. The molecule has 0 aliphatic carbocycles. The van der Waals surface area contributed by atoms with Crippen molar-refractivity contribution in [2.45, 2.75) is 19.8 Å². The van der Waals surface area contributed by atoms with Crippen molar-refractivity contribution in [2.75, 3.05) is 12.4 Å². The second-order valence-corrected chi connectivity index (χ2v) is 6.34. The molecular weight excluding hydrogens is 340 g/mol. The maximum atomic E-state index is 9.70. The first-order valence-electron chi connectivity index (χ1n) is 8.54.